The van der Waals surface area contributed by atoms with Crippen LogP contribution in [0.15, 0.2) is 29.4 Å². The fourth-order valence-electron chi connectivity index (χ4n) is 1.90. The van der Waals surface area contributed by atoms with Gasteiger partial charge in [-0.25, -0.2) is 9.07 Å². The summed E-state index contributed by atoms with van der Waals surface area (Å²) in [5, 5.41) is 11.2. The quantitative estimate of drug-likeness (QED) is 0.642. The van der Waals surface area contributed by atoms with Crippen molar-refractivity contribution in [1.82, 2.24) is 20.2 Å². The van der Waals surface area contributed by atoms with Crippen molar-refractivity contribution in [3.8, 4) is 0 Å². The molecule has 0 aliphatic heterocycles. The van der Waals surface area contributed by atoms with Gasteiger partial charge in [0, 0.05) is 17.5 Å². The van der Waals surface area contributed by atoms with Crippen molar-refractivity contribution in [1.29, 1.82) is 0 Å². The number of nitrogens with two attached hydrogens (primary N) is 1. The molecule has 0 fully saturated rings. The molecular weight excluding hydrogens is 317 g/mol. The second-order valence-electron chi connectivity index (χ2n) is 6.08. The van der Waals surface area contributed by atoms with E-state index >= 15 is 0 Å². The molecule has 1 aromatic carbocycles. The van der Waals surface area contributed by atoms with Crippen LogP contribution in [-0.4, -0.2) is 26.5 Å². The third kappa shape index (κ3) is 4.44. The van der Waals surface area contributed by atoms with Gasteiger partial charge in [0.25, 0.3) is 0 Å². The number of hydrogen-bond acceptors (Lipinski definition) is 5. The molecule has 0 saturated carbocycles. The van der Waals surface area contributed by atoms with E-state index in [9.17, 15) is 9.18 Å². The normalized spacial score (nSPS) is 11.5. The third-order valence-corrected chi connectivity index (χ3v) is 4.04. The average molecular weight is 337 g/mol. The molecule has 0 radical (unpaired) electrons. The van der Waals surface area contributed by atoms with Gasteiger partial charge in [-0.2, -0.15) is 0 Å². The van der Waals surface area contributed by atoms with Crippen molar-refractivity contribution < 1.29 is 9.18 Å². The molecule has 1 amide bonds. The molecule has 0 spiro atoms. The van der Waals surface area contributed by atoms with Gasteiger partial charge in [-0.15, -0.1) is 10.2 Å². The number of nitrogen functional groups attached to an aromatic ring is 1. The highest BCUT2D eigenvalue weighted by molar-refractivity contribution is 7.99. The van der Waals surface area contributed by atoms with E-state index in [1.807, 2.05) is 20.8 Å². The number of halogens is 1. The van der Waals surface area contributed by atoms with Gasteiger partial charge in [-0.05, 0) is 6.07 Å². The van der Waals surface area contributed by atoms with Crippen molar-refractivity contribution in [3.63, 3.8) is 0 Å². The average Bonchev–Trinajstić information content (AvgIpc) is 2.85. The highest BCUT2D eigenvalue weighted by Gasteiger charge is 2.23. The van der Waals surface area contributed by atoms with Crippen LogP contribution in [0.2, 0.25) is 0 Å². The van der Waals surface area contributed by atoms with Crippen LogP contribution in [-0.2, 0) is 16.8 Å². The number of amides is 1. The van der Waals surface area contributed by atoms with Gasteiger partial charge in [0.1, 0.15) is 5.82 Å². The first kappa shape index (κ1) is 17.3. The van der Waals surface area contributed by atoms with Gasteiger partial charge >= 0.3 is 0 Å². The molecule has 2 aromatic rings. The van der Waals surface area contributed by atoms with E-state index in [1.165, 1.54) is 22.5 Å². The lowest BCUT2D eigenvalue weighted by Crippen LogP contribution is -2.26. The molecule has 0 aliphatic carbocycles. The Morgan fingerprint density at radius 3 is 2.65 bits per heavy atom. The van der Waals surface area contributed by atoms with Crippen molar-refractivity contribution >= 4 is 17.7 Å². The number of benzene rings is 1. The maximum Gasteiger partial charge on any atom is 0.230 e. The van der Waals surface area contributed by atoms with Crippen LogP contribution < -0.4 is 11.2 Å². The van der Waals surface area contributed by atoms with Crippen LogP contribution in [0.25, 0.3) is 0 Å². The van der Waals surface area contributed by atoms with E-state index in [0.717, 1.165) is 0 Å². The summed E-state index contributed by atoms with van der Waals surface area (Å²) in [5.41, 5.74) is 0.219. The van der Waals surface area contributed by atoms with E-state index in [4.69, 9.17) is 5.84 Å². The van der Waals surface area contributed by atoms with Crippen LogP contribution in [0.4, 0.5) is 4.39 Å². The van der Waals surface area contributed by atoms with Gasteiger partial charge in [-0.1, -0.05) is 50.7 Å². The zero-order chi connectivity index (χ0) is 17.0. The van der Waals surface area contributed by atoms with Gasteiger partial charge in [0.05, 0.1) is 5.75 Å². The zero-order valence-corrected chi connectivity index (χ0v) is 14.2. The van der Waals surface area contributed by atoms with E-state index in [2.05, 4.69) is 15.5 Å². The predicted octanol–water partition coefficient (Wildman–Crippen LogP) is 1.84. The molecule has 0 unspecified atom stereocenters. The number of carbonyl (C=O) groups excluding carboxylic acids is 1. The molecular formula is C15H20FN5OS. The topological polar surface area (TPSA) is 85.8 Å². The van der Waals surface area contributed by atoms with Crippen LogP contribution in [0.5, 0.6) is 0 Å². The summed E-state index contributed by atoms with van der Waals surface area (Å²) >= 11 is 1.19. The van der Waals surface area contributed by atoms with E-state index < -0.39 is 0 Å². The second-order valence-corrected chi connectivity index (χ2v) is 7.03. The Bertz CT molecular complexity index is 695. The lowest BCUT2D eigenvalue weighted by atomic mass is 9.96. The van der Waals surface area contributed by atoms with Gasteiger partial charge in [0.15, 0.2) is 5.82 Å². The van der Waals surface area contributed by atoms with Crippen molar-refractivity contribution in [2.24, 2.45) is 0 Å². The van der Waals surface area contributed by atoms with E-state index in [1.54, 1.807) is 18.2 Å². The zero-order valence-electron chi connectivity index (χ0n) is 13.3. The smallest absolute Gasteiger partial charge is 0.230 e. The molecule has 0 saturated heterocycles. The van der Waals surface area contributed by atoms with Crippen molar-refractivity contribution in [2.45, 2.75) is 37.9 Å². The molecule has 1 heterocycles. The van der Waals surface area contributed by atoms with Gasteiger partial charge in [-0.3, -0.25) is 4.79 Å². The number of carbonyl (C=O) groups is 1. The van der Waals surface area contributed by atoms with Crippen molar-refractivity contribution in [3.05, 3.63) is 41.5 Å². The van der Waals surface area contributed by atoms with Crippen LogP contribution in [0, 0.1) is 5.82 Å². The summed E-state index contributed by atoms with van der Waals surface area (Å²) in [6.45, 7) is 6.09. The maximum absolute atomic E-state index is 13.5. The maximum atomic E-state index is 13.5. The first-order valence-corrected chi connectivity index (χ1v) is 8.11. The number of thioether (sulfide) groups is 1. The minimum Gasteiger partial charge on any atom is -0.351 e. The SMILES string of the molecule is CC(C)(C)c1nnc(SCC(=O)NCc2ccccc2F)n1N. The molecule has 23 heavy (non-hydrogen) atoms. The third-order valence-electron chi connectivity index (χ3n) is 3.10. The Hall–Kier alpha value is -2.09. The van der Waals surface area contributed by atoms with Gasteiger partial charge in [0.2, 0.25) is 11.1 Å². The Balaban J connectivity index is 1.88. The Kier molecular flexibility index (Phi) is 5.25. The predicted molar refractivity (Wildman–Crippen MR) is 87.8 cm³/mol. The summed E-state index contributed by atoms with van der Waals surface area (Å²) in [6, 6.07) is 6.33. The molecule has 0 aliphatic rings. The summed E-state index contributed by atoms with van der Waals surface area (Å²) in [4.78, 5) is 11.9. The minimum atomic E-state index is -0.336. The molecule has 8 heteroatoms. The molecule has 3 N–H and O–H groups in total. The summed E-state index contributed by atoms with van der Waals surface area (Å²) in [7, 11) is 0. The lowest BCUT2D eigenvalue weighted by Gasteiger charge is -2.16. The van der Waals surface area contributed by atoms with Crippen LogP contribution in [0.1, 0.15) is 32.2 Å². The number of rotatable bonds is 5. The highest BCUT2D eigenvalue weighted by atomic mass is 32.2. The Labute approximate surface area is 138 Å². The molecule has 2 rings (SSSR count). The van der Waals surface area contributed by atoms with Crippen LogP contribution >= 0.6 is 11.8 Å². The fraction of sp³-hybridized carbons (Fsp3) is 0.400. The molecule has 6 nitrogen and oxygen atoms in total. The molecule has 124 valence electrons. The minimum absolute atomic E-state index is 0.133. The summed E-state index contributed by atoms with van der Waals surface area (Å²) < 4.78 is 14.9. The van der Waals surface area contributed by atoms with E-state index in [0.29, 0.717) is 16.5 Å². The van der Waals surface area contributed by atoms with Gasteiger partial charge < -0.3 is 11.2 Å². The Morgan fingerprint density at radius 2 is 2.04 bits per heavy atom. The number of nitrogens with zero attached hydrogens (tertiary/aromatic N) is 3. The van der Waals surface area contributed by atoms with Crippen LogP contribution in [0.3, 0.4) is 0 Å². The number of hydrogen-bond donors (Lipinski definition) is 2. The first-order valence-electron chi connectivity index (χ1n) is 7.13. The first-order chi connectivity index (χ1) is 10.8. The summed E-state index contributed by atoms with van der Waals surface area (Å²) in [6.07, 6.45) is 0. The second kappa shape index (κ2) is 6.99. The summed E-state index contributed by atoms with van der Waals surface area (Å²) in [5.74, 6) is 6.17. The number of aromatic nitrogens is 3. The molecule has 1 aromatic heterocycles. The van der Waals surface area contributed by atoms with Crippen molar-refractivity contribution in [2.75, 3.05) is 11.6 Å². The fourth-order valence-corrected chi connectivity index (χ4v) is 2.59. The molecule has 0 bridgehead atoms. The number of nitrogens with one attached hydrogen (secondary N) is 1. The standard InChI is InChI=1S/C15H20FN5OS/c1-15(2,3)13-19-20-14(21(13)17)23-9-12(22)18-8-10-6-4-5-7-11(10)16/h4-7H,8-9,17H2,1-3H3,(H,18,22). The lowest BCUT2D eigenvalue weighted by molar-refractivity contribution is -0.118. The largest absolute Gasteiger partial charge is 0.351 e. The Morgan fingerprint density at radius 1 is 1.35 bits per heavy atom. The molecule has 0 atom stereocenters. The van der Waals surface area contributed by atoms with E-state index in [-0.39, 0.29) is 29.4 Å². The monoisotopic (exact) mass is 337 g/mol. The highest BCUT2D eigenvalue weighted by Crippen LogP contribution is 2.23.